The minimum atomic E-state index is -0.437. The maximum Gasteiger partial charge on any atom is 0.277 e. The summed E-state index contributed by atoms with van der Waals surface area (Å²) in [7, 11) is 0. The Kier molecular flexibility index (Phi) is 4.64. The third-order valence-corrected chi connectivity index (χ3v) is 3.89. The summed E-state index contributed by atoms with van der Waals surface area (Å²) in [5, 5.41) is 12.5. The molecule has 2 aromatic rings. The van der Waals surface area contributed by atoms with Crippen molar-refractivity contribution >= 4 is 29.1 Å². The number of rotatable bonds is 5. The van der Waals surface area contributed by atoms with E-state index in [1.807, 2.05) is 48.5 Å². The van der Waals surface area contributed by atoms with Gasteiger partial charge in [-0.3, -0.25) is 14.5 Å². The van der Waals surface area contributed by atoms with Crippen LogP contribution in [-0.4, -0.2) is 35.0 Å². The Labute approximate surface area is 144 Å². The molecule has 5 nitrogen and oxygen atoms in total. The Hall–Kier alpha value is -2.63. The first kappa shape index (κ1) is 16.2. The molecule has 1 heterocycles. The summed E-state index contributed by atoms with van der Waals surface area (Å²) in [6.45, 7) is -0.264. The molecule has 0 aromatic heterocycles. The Morgan fingerprint density at radius 3 is 2.46 bits per heavy atom. The van der Waals surface area contributed by atoms with Crippen LogP contribution in [0.2, 0.25) is 5.02 Å². The normalized spacial score (nSPS) is 14.1. The highest BCUT2D eigenvalue weighted by atomic mass is 35.5. The van der Waals surface area contributed by atoms with Gasteiger partial charge in [-0.2, -0.15) is 0 Å². The van der Waals surface area contributed by atoms with E-state index in [9.17, 15) is 9.59 Å². The van der Waals surface area contributed by atoms with Gasteiger partial charge in [-0.25, -0.2) is 0 Å². The van der Waals surface area contributed by atoms with E-state index in [-0.39, 0.29) is 18.8 Å². The summed E-state index contributed by atoms with van der Waals surface area (Å²) in [5.74, 6) is -0.861. The Morgan fingerprint density at radius 1 is 1.04 bits per heavy atom. The molecule has 2 aromatic carbocycles. The van der Waals surface area contributed by atoms with Gasteiger partial charge in [0.25, 0.3) is 11.8 Å². The summed E-state index contributed by atoms with van der Waals surface area (Å²) in [6.07, 6.45) is 1.24. The van der Waals surface area contributed by atoms with Crippen LogP contribution in [0.3, 0.4) is 0 Å². The van der Waals surface area contributed by atoms with Crippen molar-refractivity contribution in [3.63, 3.8) is 0 Å². The van der Waals surface area contributed by atoms with Crippen LogP contribution >= 0.6 is 11.6 Å². The predicted molar refractivity (Wildman–Crippen MR) is 92.4 cm³/mol. The second kappa shape index (κ2) is 6.86. The maximum atomic E-state index is 12.1. The number of aliphatic hydroxyl groups excluding tert-OH is 1. The zero-order valence-corrected chi connectivity index (χ0v) is 13.5. The summed E-state index contributed by atoms with van der Waals surface area (Å²) < 4.78 is 0. The van der Waals surface area contributed by atoms with Crippen molar-refractivity contribution in [3.8, 4) is 11.1 Å². The van der Waals surface area contributed by atoms with Gasteiger partial charge in [-0.1, -0.05) is 35.9 Å². The van der Waals surface area contributed by atoms with Crippen LogP contribution in [0.25, 0.3) is 11.1 Å². The quantitative estimate of drug-likeness (QED) is 0.820. The number of β-amino-alcohol motifs (C(OH)–C–C–N with tert-alkyl or cyclic N) is 1. The molecule has 6 heteroatoms. The zero-order valence-electron chi connectivity index (χ0n) is 12.7. The molecule has 0 fully saturated rings. The van der Waals surface area contributed by atoms with Gasteiger partial charge in [-0.15, -0.1) is 0 Å². The van der Waals surface area contributed by atoms with Gasteiger partial charge in [0, 0.05) is 16.8 Å². The minimum absolute atomic E-state index is 0.00689. The van der Waals surface area contributed by atoms with E-state index < -0.39 is 11.8 Å². The summed E-state index contributed by atoms with van der Waals surface area (Å²) in [4.78, 5) is 24.8. The molecule has 3 rings (SSSR count). The molecule has 24 heavy (non-hydrogen) atoms. The number of nitrogens with one attached hydrogen (secondary N) is 1. The molecule has 1 aliphatic heterocycles. The lowest BCUT2D eigenvalue weighted by Crippen LogP contribution is -2.34. The summed E-state index contributed by atoms with van der Waals surface area (Å²) >= 11 is 6.00. The van der Waals surface area contributed by atoms with Gasteiger partial charge < -0.3 is 10.4 Å². The average molecular weight is 343 g/mol. The highest BCUT2D eigenvalue weighted by molar-refractivity contribution is 6.30. The fourth-order valence-electron chi connectivity index (χ4n) is 2.48. The van der Waals surface area contributed by atoms with E-state index in [0.717, 1.165) is 16.0 Å². The molecular formula is C18H15ClN2O3. The topological polar surface area (TPSA) is 69.6 Å². The third kappa shape index (κ3) is 3.32. The number of imide groups is 1. The summed E-state index contributed by atoms with van der Waals surface area (Å²) in [6, 6.07) is 15.0. The molecule has 122 valence electrons. The van der Waals surface area contributed by atoms with E-state index in [1.54, 1.807) is 0 Å². The van der Waals surface area contributed by atoms with Crippen molar-refractivity contribution in [1.29, 1.82) is 0 Å². The van der Waals surface area contributed by atoms with Crippen molar-refractivity contribution in [1.82, 2.24) is 4.90 Å². The molecule has 2 N–H and O–H groups in total. The van der Waals surface area contributed by atoms with Crippen molar-refractivity contribution < 1.29 is 14.7 Å². The molecule has 0 bridgehead atoms. The summed E-state index contributed by atoms with van der Waals surface area (Å²) in [5.41, 5.74) is 2.88. The molecule has 2 amide bonds. The molecule has 1 aliphatic rings. The first-order valence-electron chi connectivity index (χ1n) is 7.40. The first-order valence-corrected chi connectivity index (χ1v) is 7.77. The molecule has 0 atom stereocenters. The smallest absolute Gasteiger partial charge is 0.277 e. The zero-order chi connectivity index (χ0) is 17.1. The number of anilines is 1. The first-order chi connectivity index (χ1) is 11.6. The highest BCUT2D eigenvalue weighted by Crippen LogP contribution is 2.25. The van der Waals surface area contributed by atoms with E-state index in [1.165, 1.54) is 6.08 Å². The SMILES string of the molecule is O=C1C=C(Nc2ccc(-c3cccc(Cl)c3)cc2)C(=O)N1CCO. The van der Waals surface area contributed by atoms with Crippen molar-refractivity contribution in [2.75, 3.05) is 18.5 Å². The van der Waals surface area contributed by atoms with Crippen LogP contribution < -0.4 is 5.32 Å². The van der Waals surface area contributed by atoms with E-state index in [2.05, 4.69) is 5.32 Å². The standard InChI is InChI=1S/C18H15ClN2O3/c19-14-3-1-2-13(10-14)12-4-6-15(7-5-12)20-16-11-17(23)21(8-9-22)18(16)24/h1-7,10-11,20,22H,8-9H2. The number of benzene rings is 2. The number of aliphatic hydroxyl groups is 1. The van der Waals surface area contributed by atoms with Crippen LogP contribution in [0, 0.1) is 0 Å². The number of carbonyl (C=O) groups is 2. The van der Waals surface area contributed by atoms with E-state index >= 15 is 0 Å². The fourth-order valence-corrected chi connectivity index (χ4v) is 2.67. The Balaban J connectivity index is 1.74. The number of halogens is 1. The number of hydrogen-bond donors (Lipinski definition) is 2. The molecule has 0 spiro atoms. The van der Waals surface area contributed by atoms with Gasteiger partial charge >= 0.3 is 0 Å². The average Bonchev–Trinajstić information content (AvgIpc) is 2.83. The molecule has 0 aliphatic carbocycles. The van der Waals surface area contributed by atoms with Crippen molar-refractivity contribution in [3.05, 3.63) is 65.3 Å². The molecular weight excluding hydrogens is 328 g/mol. The van der Waals surface area contributed by atoms with Gasteiger partial charge in [0.1, 0.15) is 5.70 Å². The van der Waals surface area contributed by atoms with Crippen molar-refractivity contribution in [2.24, 2.45) is 0 Å². The number of nitrogens with zero attached hydrogens (tertiary/aromatic N) is 1. The molecule has 0 radical (unpaired) electrons. The Morgan fingerprint density at radius 2 is 1.79 bits per heavy atom. The second-order valence-electron chi connectivity index (χ2n) is 5.29. The second-order valence-corrected chi connectivity index (χ2v) is 5.73. The van der Waals surface area contributed by atoms with Gasteiger partial charge in [-0.05, 0) is 35.4 Å². The van der Waals surface area contributed by atoms with Crippen LogP contribution in [0.1, 0.15) is 0 Å². The maximum absolute atomic E-state index is 12.1. The van der Waals surface area contributed by atoms with E-state index in [0.29, 0.717) is 10.7 Å². The lowest BCUT2D eigenvalue weighted by atomic mass is 10.1. The van der Waals surface area contributed by atoms with Gasteiger partial charge in [0.05, 0.1) is 13.2 Å². The monoisotopic (exact) mass is 342 g/mol. The van der Waals surface area contributed by atoms with Crippen molar-refractivity contribution in [2.45, 2.75) is 0 Å². The third-order valence-electron chi connectivity index (χ3n) is 3.65. The fraction of sp³-hybridized carbons (Fsp3) is 0.111. The minimum Gasteiger partial charge on any atom is -0.395 e. The molecule has 0 saturated carbocycles. The van der Waals surface area contributed by atoms with Gasteiger partial charge in [0.2, 0.25) is 0 Å². The molecule has 0 unspecified atom stereocenters. The largest absolute Gasteiger partial charge is 0.395 e. The van der Waals surface area contributed by atoms with Crippen LogP contribution in [-0.2, 0) is 9.59 Å². The van der Waals surface area contributed by atoms with Crippen LogP contribution in [0.15, 0.2) is 60.3 Å². The lowest BCUT2D eigenvalue weighted by Gasteiger charge is -2.13. The number of amides is 2. The van der Waals surface area contributed by atoms with E-state index in [4.69, 9.17) is 16.7 Å². The van der Waals surface area contributed by atoms with Gasteiger partial charge in [0.15, 0.2) is 0 Å². The Bertz CT molecular complexity index is 815. The molecule has 0 saturated heterocycles. The van der Waals surface area contributed by atoms with Crippen LogP contribution in [0.4, 0.5) is 5.69 Å². The number of hydrogen-bond acceptors (Lipinski definition) is 4. The van der Waals surface area contributed by atoms with Crippen LogP contribution in [0.5, 0.6) is 0 Å². The highest BCUT2D eigenvalue weighted by Gasteiger charge is 2.30. The number of carbonyl (C=O) groups excluding carboxylic acids is 2. The predicted octanol–water partition coefficient (Wildman–Crippen LogP) is 2.66. The lowest BCUT2D eigenvalue weighted by molar-refractivity contribution is -0.137.